The van der Waals surface area contributed by atoms with Crippen molar-refractivity contribution in [2.24, 2.45) is 0 Å². The Hall–Kier alpha value is -0.500. The molecular formula is C12H15BrO. The average molecular weight is 255 g/mol. The molecule has 0 heterocycles. The maximum atomic E-state index is 9.51. The molecular weight excluding hydrogens is 240 g/mol. The zero-order valence-corrected chi connectivity index (χ0v) is 10.2. The van der Waals surface area contributed by atoms with Crippen molar-refractivity contribution in [1.82, 2.24) is 0 Å². The van der Waals surface area contributed by atoms with Gasteiger partial charge in [-0.2, -0.15) is 0 Å². The van der Waals surface area contributed by atoms with Gasteiger partial charge in [-0.05, 0) is 47.9 Å². The van der Waals surface area contributed by atoms with Crippen LogP contribution in [0.1, 0.15) is 37.8 Å². The highest BCUT2D eigenvalue weighted by atomic mass is 79.9. The van der Waals surface area contributed by atoms with Gasteiger partial charge in [0, 0.05) is 4.47 Å². The van der Waals surface area contributed by atoms with E-state index in [1.54, 1.807) is 6.07 Å². The highest BCUT2D eigenvalue weighted by Crippen LogP contribution is 2.42. The van der Waals surface area contributed by atoms with E-state index in [-0.39, 0.29) is 5.41 Å². The number of phenolic OH excluding ortho intramolecular Hbond substituents is 1. The van der Waals surface area contributed by atoms with Crippen LogP contribution in [-0.2, 0) is 11.8 Å². The maximum Gasteiger partial charge on any atom is 0.116 e. The van der Waals surface area contributed by atoms with Crippen molar-refractivity contribution in [3.63, 3.8) is 0 Å². The van der Waals surface area contributed by atoms with E-state index in [1.807, 2.05) is 6.07 Å². The first-order valence-corrected chi connectivity index (χ1v) is 5.82. The van der Waals surface area contributed by atoms with Crippen LogP contribution in [0.4, 0.5) is 0 Å². The van der Waals surface area contributed by atoms with Crippen molar-refractivity contribution in [3.8, 4) is 5.75 Å². The minimum absolute atomic E-state index is 0.236. The molecule has 0 spiro atoms. The molecule has 1 N–H and O–H groups in total. The lowest BCUT2D eigenvalue weighted by atomic mass is 9.73. The summed E-state index contributed by atoms with van der Waals surface area (Å²) < 4.78 is 1.05. The SMILES string of the molecule is CC1(C)CCCc2cc(O)cc(Br)c21. The number of rotatable bonds is 0. The van der Waals surface area contributed by atoms with Crippen LogP contribution in [0.2, 0.25) is 0 Å². The van der Waals surface area contributed by atoms with Gasteiger partial charge in [0.1, 0.15) is 5.75 Å². The van der Waals surface area contributed by atoms with Crippen molar-refractivity contribution < 1.29 is 5.11 Å². The molecule has 0 atom stereocenters. The molecule has 0 unspecified atom stereocenters. The molecule has 0 radical (unpaired) electrons. The van der Waals surface area contributed by atoms with Gasteiger partial charge in [-0.3, -0.25) is 0 Å². The third-order valence-corrected chi connectivity index (χ3v) is 3.71. The van der Waals surface area contributed by atoms with Gasteiger partial charge in [-0.15, -0.1) is 0 Å². The van der Waals surface area contributed by atoms with E-state index in [0.717, 1.165) is 10.9 Å². The fourth-order valence-corrected chi connectivity index (χ4v) is 3.47. The molecule has 1 aliphatic carbocycles. The Balaban J connectivity index is 2.63. The number of fused-ring (bicyclic) bond motifs is 1. The predicted molar refractivity (Wildman–Crippen MR) is 61.8 cm³/mol. The van der Waals surface area contributed by atoms with Gasteiger partial charge < -0.3 is 5.11 Å². The summed E-state index contributed by atoms with van der Waals surface area (Å²) in [5.41, 5.74) is 2.91. The molecule has 0 aliphatic heterocycles. The van der Waals surface area contributed by atoms with Crippen molar-refractivity contribution >= 4 is 15.9 Å². The van der Waals surface area contributed by atoms with Crippen LogP contribution in [0.15, 0.2) is 16.6 Å². The van der Waals surface area contributed by atoms with Gasteiger partial charge in [-0.25, -0.2) is 0 Å². The third-order valence-electron chi connectivity index (χ3n) is 3.08. The minimum Gasteiger partial charge on any atom is -0.508 e. The standard InChI is InChI=1S/C12H15BrO/c1-12(2)5-3-4-8-6-9(14)7-10(13)11(8)12/h6-7,14H,3-5H2,1-2H3. The third kappa shape index (κ3) is 1.56. The lowest BCUT2D eigenvalue weighted by Gasteiger charge is -2.33. The number of aryl methyl sites for hydroxylation is 1. The molecule has 1 nitrogen and oxygen atoms in total. The van der Waals surface area contributed by atoms with Crippen molar-refractivity contribution in [1.29, 1.82) is 0 Å². The smallest absolute Gasteiger partial charge is 0.116 e. The highest BCUT2D eigenvalue weighted by Gasteiger charge is 2.29. The Morgan fingerprint density at radius 3 is 2.79 bits per heavy atom. The second-order valence-electron chi connectivity index (χ2n) is 4.70. The largest absolute Gasteiger partial charge is 0.508 e. The molecule has 0 saturated heterocycles. The topological polar surface area (TPSA) is 20.2 Å². The van der Waals surface area contributed by atoms with Crippen molar-refractivity contribution in [3.05, 3.63) is 27.7 Å². The molecule has 2 heteroatoms. The van der Waals surface area contributed by atoms with E-state index in [1.165, 1.54) is 24.0 Å². The summed E-state index contributed by atoms with van der Waals surface area (Å²) in [5.74, 6) is 0.369. The summed E-state index contributed by atoms with van der Waals surface area (Å²) in [6.45, 7) is 4.54. The van der Waals surface area contributed by atoms with Crippen LogP contribution >= 0.6 is 15.9 Å². The quantitative estimate of drug-likeness (QED) is 0.748. The molecule has 1 aromatic rings. The molecule has 0 saturated carbocycles. The van der Waals surface area contributed by atoms with Crippen molar-refractivity contribution in [2.75, 3.05) is 0 Å². The van der Waals surface area contributed by atoms with Crippen LogP contribution in [0.25, 0.3) is 0 Å². The number of aromatic hydroxyl groups is 1. The summed E-state index contributed by atoms with van der Waals surface area (Å²) in [6.07, 6.45) is 3.53. The summed E-state index contributed by atoms with van der Waals surface area (Å²) in [4.78, 5) is 0. The Kier molecular flexibility index (Phi) is 2.34. The van der Waals surface area contributed by atoms with Crippen LogP contribution in [0.3, 0.4) is 0 Å². The predicted octanol–water partition coefficient (Wildman–Crippen LogP) is 3.77. The fraction of sp³-hybridized carbons (Fsp3) is 0.500. The second-order valence-corrected chi connectivity index (χ2v) is 5.55. The first-order valence-electron chi connectivity index (χ1n) is 5.02. The number of hydrogen-bond donors (Lipinski definition) is 1. The molecule has 1 aromatic carbocycles. The molecule has 14 heavy (non-hydrogen) atoms. The lowest BCUT2D eigenvalue weighted by Crippen LogP contribution is -2.24. The van der Waals surface area contributed by atoms with Crippen LogP contribution in [0.5, 0.6) is 5.75 Å². The monoisotopic (exact) mass is 254 g/mol. The number of hydrogen-bond acceptors (Lipinski definition) is 1. The van der Waals surface area contributed by atoms with E-state index < -0.39 is 0 Å². The number of halogens is 1. The lowest BCUT2D eigenvalue weighted by molar-refractivity contribution is 0.424. The Labute approximate surface area is 93.3 Å². The second kappa shape index (κ2) is 3.27. The molecule has 0 amide bonds. The highest BCUT2D eigenvalue weighted by molar-refractivity contribution is 9.10. The molecule has 0 fully saturated rings. The first kappa shape index (κ1) is 10.0. The van der Waals surface area contributed by atoms with Gasteiger partial charge >= 0.3 is 0 Å². The van der Waals surface area contributed by atoms with Gasteiger partial charge in [0.15, 0.2) is 0 Å². The van der Waals surface area contributed by atoms with Gasteiger partial charge in [0.25, 0.3) is 0 Å². The Bertz CT molecular complexity index is 369. The van der Waals surface area contributed by atoms with Gasteiger partial charge in [0.05, 0.1) is 0 Å². The van der Waals surface area contributed by atoms with E-state index >= 15 is 0 Å². The molecule has 2 rings (SSSR count). The Morgan fingerprint density at radius 2 is 2.07 bits per heavy atom. The summed E-state index contributed by atoms with van der Waals surface area (Å²) in [7, 11) is 0. The van der Waals surface area contributed by atoms with E-state index in [0.29, 0.717) is 5.75 Å². The number of phenols is 1. The summed E-state index contributed by atoms with van der Waals surface area (Å²) >= 11 is 3.55. The van der Waals surface area contributed by atoms with E-state index in [9.17, 15) is 5.11 Å². The molecule has 0 aromatic heterocycles. The zero-order chi connectivity index (χ0) is 10.3. The Morgan fingerprint density at radius 1 is 1.36 bits per heavy atom. The van der Waals surface area contributed by atoms with Crippen molar-refractivity contribution in [2.45, 2.75) is 38.5 Å². The minimum atomic E-state index is 0.236. The van der Waals surface area contributed by atoms with E-state index in [2.05, 4.69) is 29.8 Å². The van der Waals surface area contributed by atoms with Crippen LogP contribution in [0, 0.1) is 0 Å². The summed E-state index contributed by atoms with van der Waals surface area (Å²) in [6, 6.07) is 3.70. The number of benzene rings is 1. The fourth-order valence-electron chi connectivity index (χ4n) is 2.45. The van der Waals surface area contributed by atoms with Crippen LogP contribution < -0.4 is 0 Å². The maximum absolute atomic E-state index is 9.51. The van der Waals surface area contributed by atoms with Crippen LogP contribution in [-0.4, -0.2) is 5.11 Å². The molecule has 0 bridgehead atoms. The summed E-state index contributed by atoms with van der Waals surface area (Å²) in [5, 5.41) is 9.51. The first-order chi connectivity index (χ1) is 6.50. The van der Waals surface area contributed by atoms with Gasteiger partial charge in [-0.1, -0.05) is 29.8 Å². The average Bonchev–Trinajstić information content (AvgIpc) is 2.00. The van der Waals surface area contributed by atoms with Gasteiger partial charge in [0.2, 0.25) is 0 Å². The normalized spacial score (nSPS) is 19.1. The molecule has 76 valence electrons. The molecule has 1 aliphatic rings. The zero-order valence-electron chi connectivity index (χ0n) is 8.60. The van der Waals surface area contributed by atoms with E-state index in [4.69, 9.17) is 0 Å².